The summed E-state index contributed by atoms with van der Waals surface area (Å²) in [6.45, 7) is 3.86. The zero-order valence-corrected chi connectivity index (χ0v) is 19.0. The van der Waals surface area contributed by atoms with Crippen molar-refractivity contribution in [2.24, 2.45) is 17.2 Å². The van der Waals surface area contributed by atoms with Gasteiger partial charge in [-0.25, -0.2) is 4.68 Å². The van der Waals surface area contributed by atoms with Crippen LogP contribution in [0.15, 0.2) is 70.3 Å². The van der Waals surface area contributed by atoms with Crippen molar-refractivity contribution in [3.05, 3.63) is 82.9 Å². The van der Waals surface area contributed by atoms with Gasteiger partial charge in [0.15, 0.2) is 0 Å². The van der Waals surface area contributed by atoms with E-state index in [2.05, 4.69) is 20.6 Å². The number of aryl methyl sites for hydroxylation is 2. The highest BCUT2D eigenvalue weighted by Crippen LogP contribution is 2.28. The fourth-order valence-corrected chi connectivity index (χ4v) is 3.24. The lowest BCUT2D eigenvalue weighted by Crippen LogP contribution is -2.15. The second-order valence-electron chi connectivity index (χ2n) is 7.26. The summed E-state index contributed by atoms with van der Waals surface area (Å²) in [5.74, 6) is -1.21. The number of nitrogens with one attached hydrogen (secondary N) is 1. The van der Waals surface area contributed by atoms with Crippen LogP contribution in [0.25, 0.3) is 11.1 Å². The first-order chi connectivity index (χ1) is 15.9. The Labute approximate surface area is 192 Å². The molecule has 170 valence electrons. The standard InChI is InChI=1S/C25H26FN5O2/c1-5-18(14-27-3)16-33-28-15-19-10-12-20(13-11-19)21-8-6-7-9-22(21)29-25(32)23-17(2)30-31(4)24(23)26/h5-15H,16H2,1-4H3,(H,29,32)/b18-5+,27-14?,28-15+. The van der Waals surface area contributed by atoms with Crippen LogP contribution in [0.3, 0.4) is 0 Å². The van der Waals surface area contributed by atoms with Crippen LogP contribution in [0.1, 0.15) is 28.5 Å². The number of carbonyl (C=O) groups is 1. The van der Waals surface area contributed by atoms with E-state index in [1.54, 1.807) is 32.5 Å². The summed E-state index contributed by atoms with van der Waals surface area (Å²) >= 11 is 0. The van der Waals surface area contributed by atoms with E-state index in [-0.39, 0.29) is 5.56 Å². The molecule has 0 unspecified atom stereocenters. The van der Waals surface area contributed by atoms with Crippen LogP contribution < -0.4 is 5.32 Å². The molecular weight excluding hydrogens is 421 g/mol. The summed E-state index contributed by atoms with van der Waals surface area (Å²) < 4.78 is 15.3. The fraction of sp³-hybridized carbons (Fsp3) is 0.200. The van der Waals surface area contributed by atoms with Crippen molar-refractivity contribution in [1.82, 2.24) is 9.78 Å². The normalized spacial score (nSPS) is 12.0. The van der Waals surface area contributed by atoms with Crippen molar-refractivity contribution in [2.75, 3.05) is 19.0 Å². The summed E-state index contributed by atoms with van der Waals surface area (Å²) in [5, 5.41) is 10.8. The summed E-state index contributed by atoms with van der Waals surface area (Å²) in [5.41, 5.74) is 4.34. The second-order valence-corrected chi connectivity index (χ2v) is 7.26. The van der Waals surface area contributed by atoms with Gasteiger partial charge in [0.05, 0.1) is 11.9 Å². The predicted molar refractivity (Wildman–Crippen MR) is 129 cm³/mol. The maximum atomic E-state index is 14.3. The maximum Gasteiger partial charge on any atom is 0.262 e. The van der Waals surface area contributed by atoms with Crippen molar-refractivity contribution in [3.63, 3.8) is 0 Å². The van der Waals surface area contributed by atoms with Gasteiger partial charge in [0, 0.05) is 37.1 Å². The zero-order chi connectivity index (χ0) is 23.8. The van der Waals surface area contributed by atoms with E-state index in [1.165, 1.54) is 7.05 Å². The first-order valence-electron chi connectivity index (χ1n) is 10.4. The van der Waals surface area contributed by atoms with E-state index in [0.717, 1.165) is 26.9 Å². The van der Waals surface area contributed by atoms with Gasteiger partial charge in [-0.3, -0.25) is 9.79 Å². The average Bonchev–Trinajstić information content (AvgIpc) is 3.07. The van der Waals surface area contributed by atoms with E-state index >= 15 is 0 Å². The van der Waals surface area contributed by atoms with E-state index in [0.29, 0.717) is 18.0 Å². The molecule has 0 spiro atoms. The van der Waals surface area contributed by atoms with Crippen LogP contribution in [-0.4, -0.2) is 41.8 Å². The number of hydrogen-bond donors (Lipinski definition) is 1. The molecule has 3 rings (SSSR count). The first-order valence-corrected chi connectivity index (χ1v) is 10.4. The Hall–Kier alpha value is -4.07. The molecule has 1 aromatic heterocycles. The number of rotatable bonds is 8. The highest BCUT2D eigenvalue weighted by Gasteiger charge is 2.21. The molecule has 2 aromatic carbocycles. The third-order valence-electron chi connectivity index (χ3n) is 4.95. The van der Waals surface area contributed by atoms with Gasteiger partial charge in [-0.2, -0.15) is 9.49 Å². The van der Waals surface area contributed by atoms with E-state index < -0.39 is 11.9 Å². The molecule has 3 aromatic rings. The SMILES string of the molecule is C/C=C(\C=NC)CO/N=C/c1ccc(-c2ccccc2NC(=O)c2c(C)nn(C)c2F)cc1. The van der Waals surface area contributed by atoms with Gasteiger partial charge in [-0.1, -0.05) is 53.7 Å². The molecule has 1 amide bonds. The number of anilines is 1. The lowest BCUT2D eigenvalue weighted by molar-refractivity contribution is 0.102. The van der Waals surface area contributed by atoms with E-state index in [1.807, 2.05) is 55.5 Å². The summed E-state index contributed by atoms with van der Waals surface area (Å²) in [7, 11) is 3.16. The molecule has 0 aliphatic carbocycles. The highest BCUT2D eigenvalue weighted by atomic mass is 19.1. The summed E-state index contributed by atoms with van der Waals surface area (Å²) in [4.78, 5) is 22.0. The fourth-order valence-electron chi connectivity index (χ4n) is 3.24. The van der Waals surface area contributed by atoms with Crippen molar-refractivity contribution in [3.8, 4) is 11.1 Å². The van der Waals surface area contributed by atoms with Crippen LogP contribution >= 0.6 is 0 Å². The third-order valence-corrected chi connectivity index (χ3v) is 4.95. The molecule has 0 aliphatic rings. The number of nitrogens with zero attached hydrogens (tertiary/aromatic N) is 4. The van der Waals surface area contributed by atoms with Gasteiger partial charge in [-0.05, 0) is 31.0 Å². The second kappa shape index (κ2) is 11.0. The van der Waals surface area contributed by atoms with Crippen LogP contribution in [0.2, 0.25) is 0 Å². The minimum atomic E-state index is -0.670. The van der Waals surface area contributed by atoms with Crippen molar-refractivity contribution in [1.29, 1.82) is 0 Å². The summed E-state index contributed by atoms with van der Waals surface area (Å²) in [6, 6.07) is 15.0. The molecule has 0 radical (unpaired) electrons. The monoisotopic (exact) mass is 447 g/mol. The molecule has 1 N–H and O–H groups in total. The Morgan fingerprint density at radius 3 is 2.58 bits per heavy atom. The Kier molecular flexibility index (Phi) is 7.86. The van der Waals surface area contributed by atoms with Crippen LogP contribution in [0.4, 0.5) is 10.1 Å². The lowest BCUT2D eigenvalue weighted by Gasteiger charge is -2.11. The smallest absolute Gasteiger partial charge is 0.262 e. The summed E-state index contributed by atoms with van der Waals surface area (Å²) in [6.07, 6.45) is 5.27. The van der Waals surface area contributed by atoms with Gasteiger partial charge in [0.1, 0.15) is 12.2 Å². The van der Waals surface area contributed by atoms with Crippen LogP contribution in [0.5, 0.6) is 0 Å². The van der Waals surface area contributed by atoms with E-state index in [9.17, 15) is 9.18 Å². The molecule has 8 heteroatoms. The molecule has 0 saturated heterocycles. The minimum absolute atomic E-state index is 0.0647. The maximum absolute atomic E-state index is 14.3. The van der Waals surface area contributed by atoms with Gasteiger partial charge >= 0.3 is 0 Å². The number of aromatic nitrogens is 2. The number of benzene rings is 2. The Morgan fingerprint density at radius 1 is 1.21 bits per heavy atom. The number of aliphatic imine (C=N–C) groups is 1. The van der Waals surface area contributed by atoms with Crippen molar-refractivity contribution >= 4 is 24.0 Å². The zero-order valence-electron chi connectivity index (χ0n) is 19.0. The molecule has 0 saturated carbocycles. The number of amides is 1. The number of para-hydroxylation sites is 1. The number of allylic oxidation sites excluding steroid dienone is 1. The molecule has 0 fully saturated rings. The highest BCUT2D eigenvalue weighted by molar-refractivity contribution is 6.07. The average molecular weight is 448 g/mol. The molecule has 0 atom stereocenters. The van der Waals surface area contributed by atoms with Gasteiger partial charge in [-0.15, -0.1) is 0 Å². The molecule has 0 aliphatic heterocycles. The molecule has 1 heterocycles. The number of halogens is 1. The minimum Gasteiger partial charge on any atom is -0.391 e. The third kappa shape index (κ3) is 5.79. The predicted octanol–water partition coefficient (Wildman–Crippen LogP) is 4.78. The molecule has 33 heavy (non-hydrogen) atoms. The largest absolute Gasteiger partial charge is 0.391 e. The van der Waals surface area contributed by atoms with Crippen molar-refractivity contribution < 1.29 is 14.0 Å². The van der Waals surface area contributed by atoms with Gasteiger partial charge in [0.2, 0.25) is 5.95 Å². The first kappa shape index (κ1) is 23.6. The van der Waals surface area contributed by atoms with Crippen molar-refractivity contribution in [2.45, 2.75) is 13.8 Å². The van der Waals surface area contributed by atoms with Gasteiger partial charge in [0.25, 0.3) is 5.91 Å². The number of oxime groups is 1. The molecular formula is C25H26FN5O2. The number of carbonyl (C=O) groups excluding carboxylic acids is 1. The Bertz CT molecular complexity index is 1210. The van der Waals surface area contributed by atoms with Crippen LogP contribution in [-0.2, 0) is 11.9 Å². The molecule has 0 bridgehead atoms. The quantitative estimate of drug-likeness (QED) is 0.398. The van der Waals surface area contributed by atoms with E-state index in [4.69, 9.17) is 4.84 Å². The topological polar surface area (TPSA) is 80.9 Å². The van der Waals surface area contributed by atoms with Crippen LogP contribution in [0, 0.1) is 12.9 Å². The lowest BCUT2D eigenvalue weighted by atomic mass is 10.0. The van der Waals surface area contributed by atoms with Gasteiger partial charge < -0.3 is 10.2 Å². The molecule has 7 nitrogen and oxygen atoms in total. The Balaban J connectivity index is 1.73. The Morgan fingerprint density at radius 2 is 1.94 bits per heavy atom. The number of hydrogen-bond acceptors (Lipinski definition) is 5.